The molecule has 4 nitrogen and oxygen atoms in total. The number of anilines is 1. The second-order valence-corrected chi connectivity index (χ2v) is 7.08. The van der Waals surface area contributed by atoms with Crippen molar-refractivity contribution in [1.82, 2.24) is 5.32 Å². The van der Waals surface area contributed by atoms with E-state index in [1.807, 2.05) is 0 Å². The maximum absolute atomic E-state index is 11.9. The lowest BCUT2D eigenvalue weighted by molar-refractivity contribution is -0.0220. The highest BCUT2D eigenvalue weighted by Gasteiger charge is 2.36. The van der Waals surface area contributed by atoms with Crippen LogP contribution in [0.5, 0.6) is 0 Å². The first-order valence-electron chi connectivity index (χ1n) is 7.32. The van der Waals surface area contributed by atoms with E-state index in [-0.39, 0.29) is 18.0 Å². The molecule has 0 radical (unpaired) electrons. The topological polar surface area (TPSA) is 61.4 Å². The number of carbonyl (C=O) groups is 1. The molecule has 0 saturated heterocycles. The molecule has 0 atom stereocenters. The van der Waals surface area contributed by atoms with E-state index in [2.05, 4.69) is 24.5 Å². The summed E-state index contributed by atoms with van der Waals surface area (Å²) in [5.74, 6) is 0. The number of rotatable bonds is 3. The molecule has 0 unspecified atom stereocenters. The van der Waals surface area contributed by atoms with Crippen LogP contribution in [0.15, 0.2) is 24.3 Å². The van der Waals surface area contributed by atoms with Crippen molar-refractivity contribution >= 4 is 23.3 Å². The third-order valence-corrected chi connectivity index (χ3v) is 4.56. The number of amides is 2. The normalized spacial score (nSPS) is 19.8. The van der Waals surface area contributed by atoms with Gasteiger partial charge in [-0.05, 0) is 43.2 Å². The van der Waals surface area contributed by atoms with Crippen LogP contribution in [0.2, 0.25) is 5.02 Å². The van der Waals surface area contributed by atoms with Gasteiger partial charge in [0.05, 0.1) is 16.3 Å². The first-order valence-corrected chi connectivity index (χ1v) is 7.69. The van der Waals surface area contributed by atoms with Gasteiger partial charge in [-0.1, -0.05) is 37.6 Å². The first-order chi connectivity index (χ1) is 9.80. The average Bonchev–Trinajstić information content (AvgIpc) is 2.43. The minimum absolute atomic E-state index is 0.263. The molecule has 116 valence electrons. The quantitative estimate of drug-likeness (QED) is 0.795. The van der Waals surface area contributed by atoms with Crippen molar-refractivity contribution in [3.63, 3.8) is 0 Å². The third-order valence-electron chi connectivity index (χ3n) is 4.23. The van der Waals surface area contributed by atoms with Gasteiger partial charge in [0, 0.05) is 6.54 Å². The zero-order valence-electron chi connectivity index (χ0n) is 12.6. The fourth-order valence-corrected chi connectivity index (χ4v) is 2.73. The molecule has 3 N–H and O–H groups in total. The van der Waals surface area contributed by atoms with Crippen molar-refractivity contribution in [3.8, 4) is 0 Å². The molecule has 0 spiro atoms. The lowest BCUT2D eigenvalue weighted by Gasteiger charge is -2.40. The van der Waals surface area contributed by atoms with E-state index in [1.54, 1.807) is 24.3 Å². The van der Waals surface area contributed by atoms with Gasteiger partial charge >= 0.3 is 6.03 Å². The Morgan fingerprint density at radius 3 is 2.48 bits per heavy atom. The van der Waals surface area contributed by atoms with Gasteiger partial charge in [-0.2, -0.15) is 0 Å². The minimum atomic E-state index is -0.798. The number of para-hydroxylation sites is 1. The third kappa shape index (κ3) is 4.61. The van der Waals surface area contributed by atoms with Gasteiger partial charge in [0.25, 0.3) is 0 Å². The summed E-state index contributed by atoms with van der Waals surface area (Å²) in [7, 11) is 0. The van der Waals surface area contributed by atoms with E-state index < -0.39 is 5.60 Å². The molecule has 2 amide bonds. The van der Waals surface area contributed by atoms with Gasteiger partial charge in [-0.25, -0.2) is 4.79 Å². The summed E-state index contributed by atoms with van der Waals surface area (Å²) in [5.41, 5.74) is 0.0489. The Hall–Kier alpha value is -1.26. The van der Waals surface area contributed by atoms with Crippen LogP contribution in [-0.4, -0.2) is 23.3 Å². The van der Waals surface area contributed by atoms with E-state index in [9.17, 15) is 9.90 Å². The Kier molecular flexibility index (Phi) is 4.79. The Bertz CT molecular complexity index is 507. The molecular formula is C16H23ClN2O2. The maximum Gasteiger partial charge on any atom is 0.319 e. The summed E-state index contributed by atoms with van der Waals surface area (Å²) in [6.45, 7) is 4.69. The van der Waals surface area contributed by atoms with Gasteiger partial charge in [-0.3, -0.25) is 0 Å². The molecule has 1 aliphatic rings. The van der Waals surface area contributed by atoms with Crippen LogP contribution < -0.4 is 10.6 Å². The van der Waals surface area contributed by atoms with Crippen molar-refractivity contribution in [1.29, 1.82) is 0 Å². The molecule has 1 saturated carbocycles. The Labute approximate surface area is 130 Å². The molecule has 1 aliphatic carbocycles. The zero-order valence-corrected chi connectivity index (χ0v) is 13.3. The minimum Gasteiger partial charge on any atom is -0.388 e. The van der Waals surface area contributed by atoms with E-state index >= 15 is 0 Å². The van der Waals surface area contributed by atoms with Crippen molar-refractivity contribution in [2.45, 2.75) is 45.1 Å². The molecule has 21 heavy (non-hydrogen) atoms. The van der Waals surface area contributed by atoms with Gasteiger partial charge in [-0.15, -0.1) is 0 Å². The van der Waals surface area contributed by atoms with Crippen LogP contribution in [0.3, 0.4) is 0 Å². The van der Waals surface area contributed by atoms with Gasteiger partial charge < -0.3 is 15.7 Å². The zero-order chi connectivity index (χ0) is 15.5. The summed E-state index contributed by atoms with van der Waals surface area (Å²) in [6.07, 6.45) is 3.37. The molecule has 1 fully saturated rings. The first kappa shape index (κ1) is 16.1. The summed E-state index contributed by atoms with van der Waals surface area (Å²) < 4.78 is 0. The molecule has 0 aliphatic heterocycles. The highest BCUT2D eigenvalue weighted by atomic mass is 35.5. The number of aliphatic hydroxyl groups is 1. The van der Waals surface area contributed by atoms with Crippen LogP contribution in [0.1, 0.15) is 39.5 Å². The molecule has 2 rings (SSSR count). The molecule has 0 bridgehead atoms. The molecule has 0 aromatic heterocycles. The number of nitrogens with one attached hydrogen (secondary N) is 2. The number of halogens is 1. The van der Waals surface area contributed by atoms with Crippen molar-refractivity contribution in [2.75, 3.05) is 11.9 Å². The molecule has 1 aromatic carbocycles. The Morgan fingerprint density at radius 1 is 1.24 bits per heavy atom. The predicted octanol–water partition coefficient (Wildman–Crippen LogP) is 3.79. The van der Waals surface area contributed by atoms with E-state index in [4.69, 9.17) is 11.6 Å². The predicted molar refractivity (Wildman–Crippen MR) is 85.7 cm³/mol. The second kappa shape index (κ2) is 6.24. The van der Waals surface area contributed by atoms with Crippen LogP contribution in [0.4, 0.5) is 10.5 Å². The van der Waals surface area contributed by atoms with Gasteiger partial charge in [0.2, 0.25) is 0 Å². The number of benzene rings is 1. The summed E-state index contributed by atoms with van der Waals surface area (Å²) >= 11 is 5.98. The second-order valence-electron chi connectivity index (χ2n) is 6.68. The average molecular weight is 311 g/mol. The van der Waals surface area contributed by atoms with Crippen LogP contribution in [0.25, 0.3) is 0 Å². The summed E-state index contributed by atoms with van der Waals surface area (Å²) in [4.78, 5) is 11.9. The van der Waals surface area contributed by atoms with Crippen LogP contribution in [0, 0.1) is 5.41 Å². The fraction of sp³-hybridized carbons (Fsp3) is 0.562. The molecule has 0 heterocycles. The monoisotopic (exact) mass is 310 g/mol. The molecule has 1 aromatic rings. The van der Waals surface area contributed by atoms with Crippen LogP contribution >= 0.6 is 11.6 Å². The maximum atomic E-state index is 11.9. The highest BCUT2D eigenvalue weighted by molar-refractivity contribution is 6.33. The fourth-order valence-electron chi connectivity index (χ4n) is 2.54. The molecular weight excluding hydrogens is 288 g/mol. The largest absolute Gasteiger partial charge is 0.388 e. The van der Waals surface area contributed by atoms with E-state index in [1.165, 1.54) is 0 Å². The standard InChI is InChI=1S/C16H23ClN2O2/c1-15(2)7-9-16(21,10-8-15)11-18-14(20)19-13-6-4-3-5-12(13)17/h3-6,21H,7-11H2,1-2H3,(H2,18,19,20). The lowest BCUT2D eigenvalue weighted by atomic mass is 9.71. The number of carbonyl (C=O) groups excluding carboxylic acids is 1. The highest BCUT2D eigenvalue weighted by Crippen LogP contribution is 2.39. The van der Waals surface area contributed by atoms with E-state index in [0.717, 1.165) is 12.8 Å². The Balaban J connectivity index is 1.83. The SMILES string of the molecule is CC1(C)CCC(O)(CNC(=O)Nc2ccccc2Cl)CC1. The van der Waals surface area contributed by atoms with Crippen molar-refractivity contribution < 1.29 is 9.90 Å². The van der Waals surface area contributed by atoms with Crippen molar-refractivity contribution in [2.24, 2.45) is 5.41 Å². The Morgan fingerprint density at radius 2 is 1.86 bits per heavy atom. The summed E-state index contributed by atoms with van der Waals surface area (Å²) in [6, 6.07) is 6.71. The number of hydrogen-bond acceptors (Lipinski definition) is 2. The number of hydrogen-bond donors (Lipinski definition) is 3. The smallest absolute Gasteiger partial charge is 0.319 e. The molecule has 5 heteroatoms. The summed E-state index contributed by atoms with van der Waals surface area (Å²) in [5, 5.41) is 16.4. The van der Waals surface area contributed by atoms with Gasteiger partial charge in [0.1, 0.15) is 0 Å². The lowest BCUT2D eigenvalue weighted by Crippen LogP contribution is -2.47. The van der Waals surface area contributed by atoms with E-state index in [0.29, 0.717) is 23.6 Å². The number of urea groups is 1. The van der Waals surface area contributed by atoms with Crippen molar-refractivity contribution in [3.05, 3.63) is 29.3 Å². The van der Waals surface area contributed by atoms with Gasteiger partial charge in [0.15, 0.2) is 0 Å². The van der Waals surface area contributed by atoms with Crippen LogP contribution in [-0.2, 0) is 0 Å².